The fraction of sp³-hybridized carbons (Fsp3) is 0.571. The lowest BCUT2D eigenvalue weighted by molar-refractivity contribution is 0.248. The zero-order valence-corrected chi connectivity index (χ0v) is 10.5. The predicted molar refractivity (Wildman–Crippen MR) is 70.3 cm³/mol. The van der Waals surface area contributed by atoms with Crippen LogP contribution in [-0.2, 0) is 0 Å². The minimum atomic E-state index is 0.507. The van der Waals surface area contributed by atoms with E-state index >= 15 is 0 Å². The van der Waals surface area contributed by atoms with Crippen molar-refractivity contribution in [1.29, 1.82) is 5.26 Å². The highest BCUT2D eigenvalue weighted by Crippen LogP contribution is 2.30. The van der Waals surface area contributed by atoms with Gasteiger partial charge in [0.05, 0.1) is 0 Å². The summed E-state index contributed by atoms with van der Waals surface area (Å²) in [6.07, 6.45) is 4.58. The molecule has 2 fully saturated rings. The lowest BCUT2D eigenvalue weighted by atomic mass is 10.2. The summed E-state index contributed by atoms with van der Waals surface area (Å²) < 4.78 is 0. The lowest BCUT2D eigenvalue weighted by Gasteiger charge is -2.36. The average molecular weight is 242 g/mol. The molecular weight excluding hydrogens is 224 g/mol. The minimum Gasteiger partial charge on any atom is -0.369 e. The van der Waals surface area contributed by atoms with Gasteiger partial charge in [-0.25, -0.2) is 4.98 Å². The highest BCUT2D eigenvalue weighted by Gasteiger charge is 2.26. The second-order valence-corrected chi connectivity index (χ2v) is 5.24. The Morgan fingerprint density at radius 2 is 2.06 bits per heavy atom. The van der Waals surface area contributed by atoms with Gasteiger partial charge in [0.25, 0.3) is 0 Å². The standard InChI is InChI=1S/C14H18N4/c15-10-13-9-14(3-4-16-13)18-7-5-17(6-8-18)11-12-1-2-12/h3-4,9,12H,1-2,5-8,11H2. The van der Waals surface area contributed by atoms with E-state index in [0.717, 1.165) is 37.8 Å². The summed E-state index contributed by atoms with van der Waals surface area (Å²) in [7, 11) is 0. The maximum Gasteiger partial charge on any atom is 0.142 e. The summed E-state index contributed by atoms with van der Waals surface area (Å²) >= 11 is 0. The van der Waals surface area contributed by atoms with Crippen LogP contribution in [0.2, 0.25) is 0 Å². The maximum absolute atomic E-state index is 8.87. The number of nitriles is 1. The van der Waals surface area contributed by atoms with Crippen LogP contribution in [0.15, 0.2) is 18.3 Å². The first-order valence-electron chi connectivity index (χ1n) is 6.68. The van der Waals surface area contributed by atoms with Crippen molar-refractivity contribution in [3.8, 4) is 6.07 Å². The first kappa shape index (κ1) is 11.5. The van der Waals surface area contributed by atoms with Crippen LogP contribution in [0, 0.1) is 17.2 Å². The molecule has 94 valence electrons. The Morgan fingerprint density at radius 3 is 2.72 bits per heavy atom. The van der Waals surface area contributed by atoms with Crippen LogP contribution < -0.4 is 4.90 Å². The molecule has 2 aliphatic rings. The number of rotatable bonds is 3. The molecule has 3 rings (SSSR count). The minimum absolute atomic E-state index is 0.507. The zero-order chi connectivity index (χ0) is 12.4. The van der Waals surface area contributed by atoms with E-state index in [2.05, 4.69) is 20.9 Å². The summed E-state index contributed by atoms with van der Waals surface area (Å²) in [5, 5.41) is 8.87. The van der Waals surface area contributed by atoms with E-state index in [9.17, 15) is 0 Å². The molecule has 1 aromatic heterocycles. The van der Waals surface area contributed by atoms with Gasteiger partial charge >= 0.3 is 0 Å². The molecule has 0 atom stereocenters. The smallest absolute Gasteiger partial charge is 0.142 e. The highest BCUT2D eigenvalue weighted by atomic mass is 15.3. The van der Waals surface area contributed by atoms with E-state index in [-0.39, 0.29) is 0 Å². The Morgan fingerprint density at radius 1 is 1.28 bits per heavy atom. The van der Waals surface area contributed by atoms with Crippen molar-refractivity contribution >= 4 is 5.69 Å². The number of hydrogen-bond acceptors (Lipinski definition) is 4. The van der Waals surface area contributed by atoms with Gasteiger partial charge < -0.3 is 4.90 Å². The van der Waals surface area contributed by atoms with Gasteiger partial charge in [-0.05, 0) is 30.9 Å². The number of nitrogens with zero attached hydrogens (tertiary/aromatic N) is 4. The molecule has 18 heavy (non-hydrogen) atoms. The van der Waals surface area contributed by atoms with Gasteiger partial charge in [0, 0.05) is 44.6 Å². The van der Waals surface area contributed by atoms with E-state index in [4.69, 9.17) is 5.26 Å². The predicted octanol–water partition coefficient (Wildman–Crippen LogP) is 1.49. The van der Waals surface area contributed by atoms with E-state index < -0.39 is 0 Å². The van der Waals surface area contributed by atoms with Crippen molar-refractivity contribution in [2.75, 3.05) is 37.6 Å². The second kappa shape index (κ2) is 4.95. The van der Waals surface area contributed by atoms with Gasteiger partial charge in [0.1, 0.15) is 11.8 Å². The largest absolute Gasteiger partial charge is 0.369 e. The Bertz CT molecular complexity index is 453. The van der Waals surface area contributed by atoms with E-state index in [1.165, 1.54) is 19.4 Å². The van der Waals surface area contributed by atoms with Crippen molar-refractivity contribution in [3.05, 3.63) is 24.0 Å². The first-order valence-corrected chi connectivity index (χ1v) is 6.68. The van der Waals surface area contributed by atoms with Crippen LogP contribution in [0.25, 0.3) is 0 Å². The molecule has 4 nitrogen and oxygen atoms in total. The summed E-state index contributed by atoms with van der Waals surface area (Å²) in [5.74, 6) is 0.975. The molecule has 1 aromatic rings. The third kappa shape index (κ3) is 2.62. The molecular formula is C14H18N4. The van der Waals surface area contributed by atoms with Crippen LogP contribution in [0.1, 0.15) is 18.5 Å². The number of pyridine rings is 1. The van der Waals surface area contributed by atoms with E-state index in [1.807, 2.05) is 12.1 Å². The Labute approximate surface area is 108 Å². The SMILES string of the molecule is N#Cc1cc(N2CCN(CC3CC3)CC2)ccn1. The number of aromatic nitrogens is 1. The normalized spacial score (nSPS) is 20.7. The van der Waals surface area contributed by atoms with Crippen LogP contribution in [0.4, 0.5) is 5.69 Å². The fourth-order valence-electron chi connectivity index (χ4n) is 2.53. The molecule has 0 unspecified atom stereocenters. The van der Waals surface area contributed by atoms with Gasteiger partial charge in [0.2, 0.25) is 0 Å². The van der Waals surface area contributed by atoms with Gasteiger partial charge in [-0.1, -0.05) is 0 Å². The monoisotopic (exact) mass is 242 g/mol. The number of hydrogen-bond donors (Lipinski definition) is 0. The molecule has 1 aliphatic heterocycles. The average Bonchev–Trinajstić information content (AvgIpc) is 3.24. The van der Waals surface area contributed by atoms with Gasteiger partial charge in [-0.2, -0.15) is 5.26 Å². The fourth-order valence-corrected chi connectivity index (χ4v) is 2.53. The molecule has 1 saturated carbocycles. The summed E-state index contributed by atoms with van der Waals surface area (Å²) in [6, 6.07) is 5.98. The van der Waals surface area contributed by atoms with Crippen molar-refractivity contribution in [1.82, 2.24) is 9.88 Å². The van der Waals surface area contributed by atoms with Crippen LogP contribution in [0.3, 0.4) is 0 Å². The van der Waals surface area contributed by atoms with Crippen molar-refractivity contribution in [2.24, 2.45) is 5.92 Å². The van der Waals surface area contributed by atoms with E-state index in [1.54, 1.807) is 6.20 Å². The Hall–Kier alpha value is -1.60. The van der Waals surface area contributed by atoms with Gasteiger partial charge in [-0.15, -0.1) is 0 Å². The molecule has 0 spiro atoms. The number of piperazine rings is 1. The van der Waals surface area contributed by atoms with Gasteiger partial charge in [0.15, 0.2) is 0 Å². The van der Waals surface area contributed by atoms with Crippen LogP contribution >= 0.6 is 0 Å². The second-order valence-electron chi connectivity index (χ2n) is 5.24. The van der Waals surface area contributed by atoms with Crippen molar-refractivity contribution < 1.29 is 0 Å². The summed E-state index contributed by atoms with van der Waals surface area (Å²) in [4.78, 5) is 8.94. The molecule has 1 saturated heterocycles. The quantitative estimate of drug-likeness (QED) is 0.805. The van der Waals surface area contributed by atoms with Crippen LogP contribution in [0.5, 0.6) is 0 Å². The molecule has 0 radical (unpaired) electrons. The molecule has 1 aliphatic carbocycles. The number of anilines is 1. The highest BCUT2D eigenvalue weighted by molar-refractivity contribution is 5.49. The third-order valence-corrected chi connectivity index (χ3v) is 3.81. The Balaban J connectivity index is 1.59. The Kier molecular flexibility index (Phi) is 3.16. The molecule has 4 heteroatoms. The van der Waals surface area contributed by atoms with Crippen molar-refractivity contribution in [3.63, 3.8) is 0 Å². The lowest BCUT2D eigenvalue weighted by Crippen LogP contribution is -2.47. The topological polar surface area (TPSA) is 43.2 Å². The van der Waals surface area contributed by atoms with Crippen LogP contribution in [-0.4, -0.2) is 42.6 Å². The maximum atomic E-state index is 8.87. The van der Waals surface area contributed by atoms with E-state index in [0.29, 0.717) is 5.69 Å². The summed E-state index contributed by atoms with van der Waals surface area (Å²) in [5.41, 5.74) is 1.64. The molecule has 0 N–H and O–H groups in total. The molecule has 0 bridgehead atoms. The zero-order valence-electron chi connectivity index (χ0n) is 10.5. The molecule has 0 amide bonds. The first-order chi connectivity index (χ1) is 8.85. The molecule has 0 aromatic carbocycles. The van der Waals surface area contributed by atoms with Crippen molar-refractivity contribution in [2.45, 2.75) is 12.8 Å². The third-order valence-electron chi connectivity index (χ3n) is 3.81. The molecule has 2 heterocycles. The van der Waals surface area contributed by atoms with Gasteiger partial charge in [-0.3, -0.25) is 4.90 Å². The summed E-state index contributed by atoms with van der Waals surface area (Å²) in [6.45, 7) is 5.68.